The summed E-state index contributed by atoms with van der Waals surface area (Å²) in [6, 6.07) is 0. The Hall–Kier alpha value is -0.460. The zero-order valence-electron chi connectivity index (χ0n) is 8.18. The summed E-state index contributed by atoms with van der Waals surface area (Å²) in [5.74, 6) is 0.672. The Bertz CT molecular complexity index is 114. The molecule has 0 N–H and O–H groups in total. The summed E-state index contributed by atoms with van der Waals surface area (Å²) in [4.78, 5) is 0. The molecule has 0 amide bonds. The van der Waals surface area contributed by atoms with E-state index in [0.717, 1.165) is 6.61 Å². The third kappa shape index (κ3) is 4.07. The molecule has 0 aromatic rings. The molecule has 0 aromatic carbocycles. The second kappa shape index (κ2) is 6.26. The molecule has 0 aromatic heterocycles. The predicted octanol–water partition coefficient (Wildman–Crippen LogP) is 3.36. The number of hydrogen-bond donors (Lipinski definition) is 0. The minimum Gasteiger partial charge on any atom is -0.501 e. The van der Waals surface area contributed by atoms with Crippen molar-refractivity contribution >= 4 is 0 Å². The van der Waals surface area contributed by atoms with Gasteiger partial charge in [-0.3, -0.25) is 0 Å². The van der Waals surface area contributed by atoms with Crippen molar-refractivity contribution in [1.29, 1.82) is 0 Å². The molecule has 1 aliphatic rings. The lowest BCUT2D eigenvalue weighted by Gasteiger charge is -2.15. The summed E-state index contributed by atoms with van der Waals surface area (Å²) < 4.78 is 5.18. The molecule has 0 spiro atoms. The fourth-order valence-electron chi connectivity index (χ4n) is 1.01. The summed E-state index contributed by atoms with van der Waals surface area (Å²) in [5, 5.41) is 0. The summed E-state index contributed by atoms with van der Waals surface area (Å²) in [6.07, 6.45) is 4.36. The SMILES string of the molecule is CC.CC(C)C1=COCCC1. The van der Waals surface area contributed by atoms with Crippen LogP contribution in [0.15, 0.2) is 11.8 Å². The maximum Gasteiger partial charge on any atom is 0.0876 e. The number of allylic oxidation sites excluding steroid dienone is 1. The number of rotatable bonds is 1. The van der Waals surface area contributed by atoms with Crippen molar-refractivity contribution in [3.63, 3.8) is 0 Å². The van der Waals surface area contributed by atoms with Crippen molar-refractivity contribution in [2.45, 2.75) is 40.5 Å². The Morgan fingerprint density at radius 1 is 1.36 bits per heavy atom. The molecule has 0 saturated heterocycles. The topological polar surface area (TPSA) is 9.23 Å². The van der Waals surface area contributed by atoms with Crippen molar-refractivity contribution in [3.05, 3.63) is 11.8 Å². The number of ether oxygens (including phenoxy) is 1. The zero-order chi connectivity index (χ0) is 8.69. The number of hydrogen-bond acceptors (Lipinski definition) is 1. The summed E-state index contributed by atoms with van der Waals surface area (Å²) in [6.45, 7) is 9.33. The molecule has 66 valence electrons. The van der Waals surface area contributed by atoms with E-state index < -0.39 is 0 Å². The van der Waals surface area contributed by atoms with Crippen LogP contribution in [0.4, 0.5) is 0 Å². The molecule has 0 aliphatic carbocycles. The maximum absolute atomic E-state index is 5.18. The van der Waals surface area contributed by atoms with Crippen LogP contribution in [-0.2, 0) is 4.74 Å². The molecule has 0 saturated carbocycles. The average molecular weight is 156 g/mol. The monoisotopic (exact) mass is 156 g/mol. The minimum absolute atomic E-state index is 0.672. The normalized spacial score (nSPS) is 16.3. The average Bonchev–Trinajstić information content (AvgIpc) is 2.10. The van der Waals surface area contributed by atoms with Gasteiger partial charge < -0.3 is 4.74 Å². The highest BCUT2D eigenvalue weighted by Crippen LogP contribution is 2.19. The quantitative estimate of drug-likeness (QED) is 0.565. The molecule has 1 heterocycles. The van der Waals surface area contributed by atoms with Crippen LogP contribution in [0.5, 0.6) is 0 Å². The van der Waals surface area contributed by atoms with Crippen LogP contribution in [0.1, 0.15) is 40.5 Å². The second-order valence-corrected chi connectivity index (χ2v) is 2.82. The first-order valence-electron chi connectivity index (χ1n) is 4.61. The van der Waals surface area contributed by atoms with Crippen LogP contribution in [0.2, 0.25) is 0 Å². The fourth-order valence-corrected chi connectivity index (χ4v) is 1.01. The standard InChI is InChI=1S/C8H14O.C2H6/c1-7(2)8-4-3-5-9-6-8;1-2/h6-7H,3-5H2,1-2H3;1-2H3. The Kier molecular flexibility index (Phi) is 6.00. The van der Waals surface area contributed by atoms with E-state index in [1.807, 2.05) is 20.1 Å². The van der Waals surface area contributed by atoms with Crippen molar-refractivity contribution in [2.75, 3.05) is 6.61 Å². The first-order chi connectivity index (χ1) is 5.30. The van der Waals surface area contributed by atoms with Crippen LogP contribution in [-0.4, -0.2) is 6.61 Å². The molecule has 0 bridgehead atoms. The molecule has 11 heavy (non-hydrogen) atoms. The van der Waals surface area contributed by atoms with E-state index in [1.165, 1.54) is 18.4 Å². The fraction of sp³-hybridized carbons (Fsp3) is 0.800. The Morgan fingerprint density at radius 2 is 2.00 bits per heavy atom. The molecule has 0 unspecified atom stereocenters. The molecule has 1 heteroatoms. The third-order valence-corrected chi connectivity index (χ3v) is 1.70. The summed E-state index contributed by atoms with van der Waals surface area (Å²) >= 11 is 0. The predicted molar refractivity (Wildman–Crippen MR) is 49.5 cm³/mol. The Labute approximate surface area is 70.4 Å². The molecule has 1 rings (SSSR count). The van der Waals surface area contributed by atoms with Crippen LogP contribution in [0.3, 0.4) is 0 Å². The van der Waals surface area contributed by atoms with E-state index in [9.17, 15) is 0 Å². The van der Waals surface area contributed by atoms with Gasteiger partial charge in [-0.25, -0.2) is 0 Å². The lowest BCUT2D eigenvalue weighted by atomic mass is 9.99. The second-order valence-electron chi connectivity index (χ2n) is 2.82. The Morgan fingerprint density at radius 3 is 2.27 bits per heavy atom. The van der Waals surface area contributed by atoms with Crippen LogP contribution >= 0.6 is 0 Å². The first-order valence-corrected chi connectivity index (χ1v) is 4.61. The zero-order valence-corrected chi connectivity index (χ0v) is 8.18. The van der Waals surface area contributed by atoms with Gasteiger partial charge in [0.25, 0.3) is 0 Å². The van der Waals surface area contributed by atoms with E-state index in [1.54, 1.807) is 0 Å². The van der Waals surface area contributed by atoms with Gasteiger partial charge >= 0.3 is 0 Å². The van der Waals surface area contributed by atoms with Gasteiger partial charge in [-0.2, -0.15) is 0 Å². The van der Waals surface area contributed by atoms with Gasteiger partial charge in [0.05, 0.1) is 12.9 Å². The highest BCUT2D eigenvalue weighted by atomic mass is 16.5. The van der Waals surface area contributed by atoms with Gasteiger partial charge in [-0.1, -0.05) is 27.7 Å². The van der Waals surface area contributed by atoms with E-state index >= 15 is 0 Å². The molecular weight excluding hydrogens is 136 g/mol. The van der Waals surface area contributed by atoms with Gasteiger partial charge in [0.1, 0.15) is 0 Å². The molecule has 1 aliphatic heterocycles. The molecule has 0 fully saturated rings. The molecule has 0 atom stereocenters. The Balaban J connectivity index is 0.000000461. The summed E-state index contributed by atoms with van der Waals surface area (Å²) in [5.41, 5.74) is 1.46. The largest absolute Gasteiger partial charge is 0.501 e. The van der Waals surface area contributed by atoms with Crippen molar-refractivity contribution in [3.8, 4) is 0 Å². The lowest BCUT2D eigenvalue weighted by Crippen LogP contribution is -2.03. The van der Waals surface area contributed by atoms with Gasteiger partial charge in [0.2, 0.25) is 0 Å². The van der Waals surface area contributed by atoms with Crippen LogP contribution in [0.25, 0.3) is 0 Å². The molecule has 1 nitrogen and oxygen atoms in total. The van der Waals surface area contributed by atoms with Gasteiger partial charge in [-0.05, 0) is 24.3 Å². The van der Waals surface area contributed by atoms with Crippen LogP contribution < -0.4 is 0 Å². The lowest BCUT2D eigenvalue weighted by molar-refractivity contribution is 0.219. The van der Waals surface area contributed by atoms with Crippen LogP contribution in [0, 0.1) is 5.92 Å². The van der Waals surface area contributed by atoms with Crippen molar-refractivity contribution in [1.82, 2.24) is 0 Å². The highest BCUT2D eigenvalue weighted by Gasteiger charge is 2.06. The molecule has 0 radical (unpaired) electrons. The van der Waals surface area contributed by atoms with Crippen molar-refractivity contribution < 1.29 is 4.74 Å². The highest BCUT2D eigenvalue weighted by molar-refractivity contribution is 5.02. The molecular formula is C10H20O. The first kappa shape index (κ1) is 10.5. The van der Waals surface area contributed by atoms with Gasteiger partial charge in [0, 0.05) is 0 Å². The van der Waals surface area contributed by atoms with E-state index in [4.69, 9.17) is 4.74 Å². The van der Waals surface area contributed by atoms with E-state index in [-0.39, 0.29) is 0 Å². The van der Waals surface area contributed by atoms with E-state index in [2.05, 4.69) is 13.8 Å². The van der Waals surface area contributed by atoms with E-state index in [0.29, 0.717) is 5.92 Å². The summed E-state index contributed by atoms with van der Waals surface area (Å²) in [7, 11) is 0. The van der Waals surface area contributed by atoms with Gasteiger partial charge in [-0.15, -0.1) is 0 Å². The smallest absolute Gasteiger partial charge is 0.0876 e. The van der Waals surface area contributed by atoms with Crippen molar-refractivity contribution in [2.24, 2.45) is 5.92 Å². The van der Waals surface area contributed by atoms with Gasteiger partial charge in [0.15, 0.2) is 0 Å². The minimum atomic E-state index is 0.672. The third-order valence-electron chi connectivity index (χ3n) is 1.70. The maximum atomic E-state index is 5.18.